The van der Waals surface area contributed by atoms with Crippen LogP contribution >= 0.6 is 11.6 Å². The van der Waals surface area contributed by atoms with Gasteiger partial charge in [0.1, 0.15) is 5.82 Å². The summed E-state index contributed by atoms with van der Waals surface area (Å²) < 4.78 is 5.28. The summed E-state index contributed by atoms with van der Waals surface area (Å²) in [6.45, 7) is 6.22. The Morgan fingerprint density at radius 2 is 2.05 bits per heavy atom. The number of hydrogen-bond acceptors (Lipinski definition) is 3. The highest BCUT2D eigenvalue weighted by Gasteiger charge is 2.20. The van der Waals surface area contributed by atoms with Gasteiger partial charge in [-0.15, -0.1) is 0 Å². The maximum Gasteiger partial charge on any atom is 0.250 e. The zero-order chi connectivity index (χ0) is 15.7. The summed E-state index contributed by atoms with van der Waals surface area (Å²) in [6.07, 6.45) is 0. The van der Waals surface area contributed by atoms with Crippen LogP contribution in [-0.4, -0.2) is 47.1 Å². The maximum atomic E-state index is 12.5. The van der Waals surface area contributed by atoms with Crippen LogP contribution in [0.15, 0.2) is 23.8 Å². The van der Waals surface area contributed by atoms with Gasteiger partial charge in [0, 0.05) is 29.3 Å². The van der Waals surface area contributed by atoms with E-state index in [0.717, 1.165) is 16.6 Å². The molecule has 0 aliphatic carbocycles. The number of carbonyl (C=O) groups is 1. The summed E-state index contributed by atoms with van der Waals surface area (Å²) in [4.78, 5) is 22.1. The van der Waals surface area contributed by atoms with Crippen LogP contribution < -0.4 is 0 Å². The molecule has 0 saturated carbocycles. The second-order valence-corrected chi connectivity index (χ2v) is 5.84. The fraction of sp³-hybridized carbons (Fsp3) is 0.375. The topological polar surface area (TPSA) is 58.2 Å². The Balaban J connectivity index is 1.91. The van der Waals surface area contributed by atoms with Gasteiger partial charge in [-0.1, -0.05) is 11.6 Å². The lowest BCUT2D eigenvalue weighted by Crippen LogP contribution is -2.41. The summed E-state index contributed by atoms with van der Waals surface area (Å²) in [7, 11) is 0. The standard InChI is InChI=1S/C16H18ClN3O2/c1-10(11(2)16(21)20-5-7-22-8-6-20)15-18-13-4-3-12(17)9-14(13)19-15/h3-4,9H,5-8H2,1-2H3,(H,18,19)/b11-10-. The van der Waals surface area contributed by atoms with Crippen LogP contribution in [0, 0.1) is 0 Å². The summed E-state index contributed by atoms with van der Waals surface area (Å²) in [5.74, 6) is 0.746. The number of nitrogens with zero attached hydrogens (tertiary/aromatic N) is 2. The number of ether oxygens (including phenoxy) is 1. The van der Waals surface area contributed by atoms with Crippen LogP contribution in [0.25, 0.3) is 16.6 Å². The number of amides is 1. The summed E-state index contributed by atoms with van der Waals surface area (Å²) >= 11 is 5.99. The molecule has 0 unspecified atom stereocenters. The highest BCUT2D eigenvalue weighted by molar-refractivity contribution is 6.31. The molecule has 3 rings (SSSR count). The van der Waals surface area contributed by atoms with Crippen molar-refractivity contribution in [2.24, 2.45) is 0 Å². The number of H-pyrrole nitrogens is 1. The molecule has 22 heavy (non-hydrogen) atoms. The van der Waals surface area contributed by atoms with Gasteiger partial charge in [0.15, 0.2) is 0 Å². The van der Waals surface area contributed by atoms with Gasteiger partial charge in [0.2, 0.25) is 5.91 Å². The Morgan fingerprint density at radius 3 is 2.77 bits per heavy atom. The Morgan fingerprint density at radius 1 is 1.32 bits per heavy atom. The molecule has 1 aliphatic rings. The van der Waals surface area contributed by atoms with Gasteiger partial charge in [-0.2, -0.15) is 0 Å². The van der Waals surface area contributed by atoms with E-state index in [0.29, 0.717) is 42.7 Å². The predicted octanol–water partition coefficient (Wildman–Crippen LogP) is 2.87. The largest absolute Gasteiger partial charge is 0.378 e. The van der Waals surface area contributed by atoms with Crippen molar-refractivity contribution in [3.05, 3.63) is 34.6 Å². The zero-order valence-corrected chi connectivity index (χ0v) is 13.4. The molecule has 5 nitrogen and oxygen atoms in total. The zero-order valence-electron chi connectivity index (χ0n) is 12.6. The van der Waals surface area contributed by atoms with E-state index in [4.69, 9.17) is 16.3 Å². The van der Waals surface area contributed by atoms with E-state index in [2.05, 4.69) is 9.97 Å². The fourth-order valence-corrected chi connectivity index (χ4v) is 2.67. The van der Waals surface area contributed by atoms with Crippen molar-refractivity contribution >= 4 is 34.1 Å². The first-order valence-electron chi connectivity index (χ1n) is 7.26. The Bertz CT molecular complexity index is 745. The molecule has 1 aliphatic heterocycles. The van der Waals surface area contributed by atoms with Gasteiger partial charge >= 0.3 is 0 Å². The molecule has 2 aromatic rings. The number of halogens is 1. The highest BCUT2D eigenvalue weighted by Crippen LogP contribution is 2.23. The van der Waals surface area contributed by atoms with Crippen molar-refractivity contribution in [3.8, 4) is 0 Å². The number of aromatic nitrogens is 2. The molecule has 1 aromatic carbocycles. The Labute approximate surface area is 133 Å². The molecule has 1 saturated heterocycles. The van der Waals surface area contributed by atoms with Crippen LogP contribution in [0.4, 0.5) is 0 Å². The van der Waals surface area contributed by atoms with Crippen molar-refractivity contribution in [2.45, 2.75) is 13.8 Å². The van der Waals surface area contributed by atoms with E-state index in [9.17, 15) is 4.79 Å². The maximum absolute atomic E-state index is 12.5. The van der Waals surface area contributed by atoms with Crippen LogP contribution in [-0.2, 0) is 9.53 Å². The number of allylic oxidation sites excluding steroid dienone is 1. The molecule has 0 spiro atoms. The second kappa shape index (κ2) is 6.10. The Hall–Kier alpha value is -1.85. The summed E-state index contributed by atoms with van der Waals surface area (Å²) in [5, 5.41) is 0.658. The molecule has 1 aromatic heterocycles. The fourth-order valence-electron chi connectivity index (χ4n) is 2.50. The number of rotatable bonds is 2. The molecule has 1 amide bonds. The minimum Gasteiger partial charge on any atom is -0.378 e. The molecule has 2 heterocycles. The van der Waals surface area contributed by atoms with E-state index in [1.165, 1.54) is 0 Å². The lowest BCUT2D eigenvalue weighted by Gasteiger charge is -2.27. The SMILES string of the molecule is C/C(C(=O)N1CCOCC1)=C(\C)c1nc2ccc(Cl)cc2[nH]1. The molecule has 1 N–H and O–H groups in total. The van der Waals surface area contributed by atoms with E-state index in [-0.39, 0.29) is 5.91 Å². The molecule has 116 valence electrons. The summed E-state index contributed by atoms with van der Waals surface area (Å²) in [5.41, 5.74) is 3.26. The number of nitrogens with one attached hydrogen (secondary N) is 1. The van der Waals surface area contributed by atoms with Crippen molar-refractivity contribution in [1.82, 2.24) is 14.9 Å². The summed E-state index contributed by atoms with van der Waals surface area (Å²) in [6, 6.07) is 5.50. The number of morpholine rings is 1. The first-order chi connectivity index (χ1) is 10.6. The third kappa shape index (κ3) is 2.87. The molecule has 0 atom stereocenters. The van der Waals surface area contributed by atoms with Gasteiger partial charge in [0.05, 0.1) is 24.2 Å². The van der Waals surface area contributed by atoms with E-state index >= 15 is 0 Å². The lowest BCUT2D eigenvalue weighted by atomic mass is 10.1. The van der Waals surface area contributed by atoms with Crippen molar-refractivity contribution in [2.75, 3.05) is 26.3 Å². The third-order valence-corrected chi connectivity index (χ3v) is 4.22. The molecule has 6 heteroatoms. The van der Waals surface area contributed by atoms with E-state index in [1.54, 1.807) is 6.07 Å². The van der Waals surface area contributed by atoms with Crippen LogP contribution in [0.1, 0.15) is 19.7 Å². The molecule has 0 radical (unpaired) electrons. The van der Waals surface area contributed by atoms with E-state index < -0.39 is 0 Å². The average molecular weight is 320 g/mol. The number of imidazole rings is 1. The highest BCUT2D eigenvalue weighted by atomic mass is 35.5. The molecule has 0 bridgehead atoms. The van der Waals surface area contributed by atoms with Crippen LogP contribution in [0.5, 0.6) is 0 Å². The van der Waals surface area contributed by atoms with Crippen molar-refractivity contribution < 1.29 is 9.53 Å². The number of carbonyl (C=O) groups excluding carboxylic acids is 1. The van der Waals surface area contributed by atoms with Gasteiger partial charge < -0.3 is 14.6 Å². The molecular weight excluding hydrogens is 302 g/mol. The monoisotopic (exact) mass is 319 g/mol. The molecular formula is C16H18ClN3O2. The van der Waals surface area contributed by atoms with E-state index in [1.807, 2.05) is 30.9 Å². The van der Waals surface area contributed by atoms with Gasteiger partial charge in [0.25, 0.3) is 0 Å². The van der Waals surface area contributed by atoms with Crippen LogP contribution in [0.2, 0.25) is 5.02 Å². The Kier molecular flexibility index (Phi) is 4.18. The number of hydrogen-bond donors (Lipinski definition) is 1. The molecule has 1 fully saturated rings. The second-order valence-electron chi connectivity index (χ2n) is 5.40. The smallest absolute Gasteiger partial charge is 0.250 e. The van der Waals surface area contributed by atoms with Gasteiger partial charge in [-0.3, -0.25) is 4.79 Å². The van der Waals surface area contributed by atoms with Crippen molar-refractivity contribution in [3.63, 3.8) is 0 Å². The first-order valence-corrected chi connectivity index (χ1v) is 7.64. The average Bonchev–Trinajstić information content (AvgIpc) is 2.96. The number of aromatic amines is 1. The predicted molar refractivity (Wildman–Crippen MR) is 86.8 cm³/mol. The van der Waals surface area contributed by atoms with Crippen LogP contribution in [0.3, 0.4) is 0 Å². The minimum absolute atomic E-state index is 0.0410. The normalized spacial score (nSPS) is 16.8. The lowest BCUT2D eigenvalue weighted by molar-refractivity contribution is -0.131. The van der Waals surface area contributed by atoms with Gasteiger partial charge in [-0.05, 0) is 32.0 Å². The third-order valence-electron chi connectivity index (χ3n) is 3.98. The minimum atomic E-state index is 0.0410. The first kappa shape index (κ1) is 15.1. The number of fused-ring (bicyclic) bond motifs is 1. The van der Waals surface area contributed by atoms with Crippen molar-refractivity contribution in [1.29, 1.82) is 0 Å². The quantitative estimate of drug-likeness (QED) is 0.866. The number of benzene rings is 1. The van der Waals surface area contributed by atoms with Gasteiger partial charge in [-0.25, -0.2) is 4.98 Å².